The minimum Gasteiger partial charge on any atom is -0.493 e. The number of likely N-dealkylation sites (N-methyl/N-ethyl adjacent to an activating group) is 1. The van der Waals surface area contributed by atoms with Crippen molar-refractivity contribution in [2.75, 3.05) is 44.5 Å². The number of hydrogen-bond acceptors (Lipinski definition) is 11. The normalized spacial score (nSPS) is 23.8. The Morgan fingerprint density at radius 2 is 1.74 bits per heavy atom. The minimum absolute atomic E-state index is 0.0130. The Hall–Kier alpha value is -4.18. The molecule has 0 radical (unpaired) electrons. The van der Waals surface area contributed by atoms with E-state index in [0.717, 1.165) is 42.6 Å². The maximum absolute atomic E-state index is 14.8. The van der Waals surface area contributed by atoms with Crippen LogP contribution in [0.3, 0.4) is 0 Å². The van der Waals surface area contributed by atoms with Gasteiger partial charge in [-0.1, -0.05) is 48.3 Å². The third kappa shape index (κ3) is 10.9. The summed E-state index contributed by atoms with van der Waals surface area (Å²) in [7, 11) is -2.66. The number of ether oxygens (including phenoxy) is 3. The molecule has 1 fully saturated rings. The molecule has 1 amide bonds. The predicted octanol–water partition coefficient (Wildman–Crippen LogP) is 8.57. The molecule has 14 heteroatoms. The molecule has 6 rings (SSSR count). The summed E-state index contributed by atoms with van der Waals surface area (Å²) in [5.74, 6) is -0.573. The zero-order valence-electron chi connectivity index (χ0n) is 36.6. The first-order chi connectivity index (χ1) is 29.7. The Balaban J connectivity index is 1.52. The van der Waals surface area contributed by atoms with Crippen molar-refractivity contribution in [1.29, 1.82) is 0 Å². The molecule has 0 aromatic heterocycles. The van der Waals surface area contributed by atoms with Crippen LogP contribution in [-0.4, -0.2) is 91.2 Å². The summed E-state index contributed by atoms with van der Waals surface area (Å²) in [5, 5.41) is 27.4. The Morgan fingerprint density at radius 3 is 2.40 bits per heavy atom. The van der Waals surface area contributed by atoms with Gasteiger partial charge in [-0.25, -0.2) is 8.42 Å². The number of benzene rings is 3. The molecule has 336 valence electrons. The molecule has 3 aromatic carbocycles. The van der Waals surface area contributed by atoms with Crippen LogP contribution in [0.4, 0.5) is 5.69 Å². The van der Waals surface area contributed by atoms with Gasteiger partial charge in [0.25, 0.3) is 0 Å². The number of aliphatic hydroxyl groups excluding tert-OH is 2. The number of carbonyl (C=O) groups is 1. The number of hydrogen-bond donors (Lipinski definition) is 3. The second kappa shape index (κ2) is 21.0. The van der Waals surface area contributed by atoms with E-state index in [2.05, 4.69) is 36.2 Å². The number of oxime groups is 1. The Morgan fingerprint density at radius 1 is 1.03 bits per heavy atom. The first kappa shape index (κ1) is 47.3. The van der Waals surface area contributed by atoms with Gasteiger partial charge < -0.3 is 34.6 Å². The zero-order chi connectivity index (χ0) is 44.5. The number of carbonyl (C=O) groups excluding carboxylic acids is 1. The minimum atomic E-state index is -4.22. The quantitative estimate of drug-likeness (QED) is 0.0410. The van der Waals surface area contributed by atoms with Crippen molar-refractivity contribution >= 4 is 39.1 Å². The van der Waals surface area contributed by atoms with Gasteiger partial charge in [-0.15, -0.1) is 18.3 Å². The van der Waals surface area contributed by atoms with Crippen molar-refractivity contribution in [3.05, 3.63) is 103 Å². The highest BCUT2D eigenvalue weighted by Gasteiger charge is 2.65. The fraction of sp³-hybridized carbons (Fsp3) is 0.500. The molecule has 3 aromatic rings. The molecule has 62 heavy (non-hydrogen) atoms. The van der Waals surface area contributed by atoms with Crippen molar-refractivity contribution < 1.29 is 42.5 Å². The van der Waals surface area contributed by atoms with Crippen LogP contribution in [0, 0.1) is 17.8 Å². The summed E-state index contributed by atoms with van der Waals surface area (Å²) in [5.41, 5.74) is 2.26. The molecule has 1 aliphatic heterocycles. The Kier molecular flexibility index (Phi) is 16.0. The summed E-state index contributed by atoms with van der Waals surface area (Å²) < 4.78 is 51.6. The molecular weight excluding hydrogens is 827 g/mol. The first-order valence-electron chi connectivity index (χ1n) is 21.7. The number of thioether (sulfide) groups is 1. The number of rotatable bonds is 21. The lowest BCUT2D eigenvalue weighted by Crippen LogP contribution is -2.69. The number of unbranched alkanes of at least 4 members (excludes halogenated alkanes) is 2. The number of anilines is 1. The highest BCUT2D eigenvalue weighted by molar-refractivity contribution is 7.99. The lowest BCUT2D eigenvalue weighted by Gasteiger charge is -2.59. The maximum atomic E-state index is 14.8. The van der Waals surface area contributed by atoms with Crippen LogP contribution in [0.15, 0.2) is 112 Å². The molecule has 1 heterocycles. The molecule has 3 N–H and O–H groups in total. The monoisotopic (exact) mass is 889 g/mol. The van der Waals surface area contributed by atoms with Gasteiger partial charge >= 0.3 is 0 Å². The summed E-state index contributed by atoms with van der Waals surface area (Å²) in [6.45, 7) is 11.8. The lowest BCUT2D eigenvalue weighted by atomic mass is 9.55. The van der Waals surface area contributed by atoms with Crippen LogP contribution in [0.2, 0.25) is 0 Å². The van der Waals surface area contributed by atoms with Gasteiger partial charge in [-0.05, 0) is 118 Å². The van der Waals surface area contributed by atoms with E-state index in [1.165, 1.54) is 28.3 Å². The van der Waals surface area contributed by atoms with E-state index in [1.807, 2.05) is 51.1 Å². The molecule has 6 unspecified atom stereocenters. The van der Waals surface area contributed by atoms with Gasteiger partial charge in [0.1, 0.15) is 17.1 Å². The van der Waals surface area contributed by atoms with Gasteiger partial charge in [-0.2, -0.15) is 4.31 Å². The number of fused-ring (bicyclic) bond motifs is 2. The second-order valence-electron chi connectivity index (χ2n) is 17.2. The standard InChI is InChI=1S/C48H63N3O9S2/c1-7-27-58-48-44(51(6)62(55,56)38-22-19-35(20-23-38)49-33(2)54)32-42(50-60-47(3,4)5)40-30-34(15-11-13-25-52)39(18-12-14-26-53)45(46(40)48)41-31-36(21-24-43(41)59-48)57-28-29-61-37-16-9-8-10-17-37/h7-10,16-17,19-24,30-31,34,39,44-46,52-53H,1,11-15,18,25-29,32H2,2-6H3,(H,49,54). The summed E-state index contributed by atoms with van der Waals surface area (Å²) in [6, 6.07) is 21.2. The van der Waals surface area contributed by atoms with Crippen LogP contribution in [0.25, 0.3) is 0 Å². The number of amides is 1. The average Bonchev–Trinajstić information content (AvgIpc) is 3.24. The van der Waals surface area contributed by atoms with Crippen molar-refractivity contribution in [1.82, 2.24) is 4.31 Å². The van der Waals surface area contributed by atoms with Crippen LogP contribution in [0.1, 0.15) is 84.1 Å². The van der Waals surface area contributed by atoms with Crippen molar-refractivity contribution in [2.24, 2.45) is 22.9 Å². The lowest BCUT2D eigenvalue weighted by molar-refractivity contribution is -0.250. The summed E-state index contributed by atoms with van der Waals surface area (Å²) in [4.78, 5) is 19.1. The molecule has 12 nitrogen and oxygen atoms in total. The molecular formula is C48H63N3O9S2. The van der Waals surface area contributed by atoms with Gasteiger partial charge in [0.2, 0.25) is 21.7 Å². The SMILES string of the molecule is C=CCOC12Oc3ccc(OCCSc4ccccc4)cc3C3C(CCCCO)C(CCCCO)C=C(C(=NOC(C)(C)C)CC1N(C)S(=O)(=O)c1ccc(NC(C)=O)cc1)C32. The second-order valence-corrected chi connectivity index (χ2v) is 20.4. The van der Waals surface area contributed by atoms with E-state index in [0.29, 0.717) is 42.3 Å². The van der Waals surface area contributed by atoms with Gasteiger partial charge in [0.15, 0.2) is 0 Å². The van der Waals surface area contributed by atoms with E-state index in [9.17, 15) is 23.4 Å². The molecule has 2 aliphatic carbocycles. The number of aliphatic hydroxyl groups is 2. The van der Waals surface area contributed by atoms with Gasteiger partial charge in [0.05, 0.1) is 35.8 Å². The maximum Gasteiger partial charge on any atom is 0.243 e. The van der Waals surface area contributed by atoms with Crippen LogP contribution < -0.4 is 14.8 Å². The first-order valence-corrected chi connectivity index (χ1v) is 24.1. The average molecular weight is 890 g/mol. The number of nitrogens with zero attached hydrogens (tertiary/aromatic N) is 2. The van der Waals surface area contributed by atoms with Gasteiger partial charge in [-0.3, -0.25) is 4.79 Å². The molecule has 6 atom stereocenters. The fourth-order valence-electron chi connectivity index (χ4n) is 9.07. The van der Waals surface area contributed by atoms with E-state index in [1.54, 1.807) is 37.0 Å². The third-order valence-electron chi connectivity index (χ3n) is 11.7. The van der Waals surface area contributed by atoms with E-state index >= 15 is 0 Å². The number of nitrogens with one attached hydrogen (secondary N) is 1. The third-order valence-corrected chi connectivity index (χ3v) is 14.6. The molecule has 1 saturated carbocycles. The van der Waals surface area contributed by atoms with E-state index in [4.69, 9.17) is 24.2 Å². The van der Waals surface area contributed by atoms with Crippen molar-refractivity contribution in [2.45, 2.75) is 106 Å². The topological polar surface area (TPSA) is 156 Å². The zero-order valence-corrected chi connectivity index (χ0v) is 38.3. The molecule has 3 aliphatic rings. The fourth-order valence-corrected chi connectivity index (χ4v) is 11.2. The number of sulfonamides is 1. The molecule has 0 spiro atoms. The van der Waals surface area contributed by atoms with Crippen LogP contribution in [-0.2, 0) is 24.4 Å². The highest BCUT2D eigenvalue weighted by Crippen LogP contribution is 2.62. The Labute approximate surface area is 371 Å². The smallest absolute Gasteiger partial charge is 0.243 e. The van der Waals surface area contributed by atoms with Crippen molar-refractivity contribution in [3.8, 4) is 11.5 Å². The predicted molar refractivity (Wildman–Crippen MR) is 244 cm³/mol. The van der Waals surface area contributed by atoms with Crippen LogP contribution >= 0.6 is 11.8 Å². The highest BCUT2D eigenvalue weighted by atomic mass is 32.2. The Bertz CT molecular complexity index is 2160. The van der Waals surface area contributed by atoms with Crippen LogP contribution in [0.5, 0.6) is 11.5 Å². The van der Waals surface area contributed by atoms with E-state index in [-0.39, 0.29) is 54.8 Å². The van der Waals surface area contributed by atoms with Gasteiger partial charge in [0, 0.05) is 61.4 Å². The number of allylic oxidation sites excluding steroid dienone is 1. The van der Waals surface area contributed by atoms with E-state index < -0.39 is 33.4 Å². The molecule has 0 saturated heterocycles. The largest absolute Gasteiger partial charge is 0.493 e. The summed E-state index contributed by atoms with van der Waals surface area (Å²) in [6.07, 6.45) is 8.48. The molecule has 0 bridgehead atoms. The summed E-state index contributed by atoms with van der Waals surface area (Å²) >= 11 is 1.72. The van der Waals surface area contributed by atoms with Crippen molar-refractivity contribution in [3.63, 3.8) is 0 Å².